The number of carboxylic acid groups (broad SMARTS) is 1. The second-order valence-electron chi connectivity index (χ2n) is 14.7. The van der Waals surface area contributed by atoms with Crippen LogP contribution in [0.4, 0.5) is 0 Å². The molecule has 0 unspecified atom stereocenters. The third kappa shape index (κ3) is 8.48. The maximum atomic E-state index is 11.6. The summed E-state index contributed by atoms with van der Waals surface area (Å²) in [4.78, 5) is 25.3. The quantitative estimate of drug-likeness (QED) is 0.103. The van der Waals surface area contributed by atoms with Crippen molar-refractivity contribution in [3.8, 4) is 33.8 Å². The number of rotatable bonds is 14. The van der Waals surface area contributed by atoms with Gasteiger partial charge < -0.3 is 25.2 Å². The van der Waals surface area contributed by atoms with Gasteiger partial charge in [-0.15, -0.1) is 0 Å². The lowest BCUT2D eigenvalue weighted by Crippen LogP contribution is -2.36. The van der Waals surface area contributed by atoms with E-state index in [2.05, 4.69) is 46.8 Å². The molecule has 5 aromatic rings. The number of ether oxygens (including phenoxy) is 2. The van der Waals surface area contributed by atoms with E-state index < -0.39 is 5.97 Å². The van der Waals surface area contributed by atoms with Crippen LogP contribution in [0.2, 0.25) is 10.0 Å². The van der Waals surface area contributed by atoms with E-state index in [1.54, 1.807) is 14.2 Å². The van der Waals surface area contributed by atoms with Gasteiger partial charge in [-0.1, -0.05) is 65.7 Å². The van der Waals surface area contributed by atoms with Crippen molar-refractivity contribution in [2.24, 2.45) is 5.92 Å². The van der Waals surface area contributed by atoms with Gasteiger partial charge in [0.25, 0.3) is 0 Å². The molecule has 2 fully saturated rings. The Balaban J connectivity index is 1.09. The van der Waals surface area contributed by atoms with E-state index in [9.17, 15) is 14.7 Å². The number of aliphatic carboxylic acids is 1. The molecular weight excluding hydrogens is 737 g/mol. The molecule has 4 aromatic carbocycles. The zero-order chi connectivity index (χ0) is 38.6. The minimum absolute atomic E-state index is 0.112. The van der Waals surface area contributed by atoms with Gasteiger partial charge in [0.05, 0.1) is 43.4 Å². The van der Waals surface area contributed by atoms with Gasteiger partial charge in [0.15, 0.2) is 0 Å². The first-order valence-corrected chi connectivity index (χ1v) is 19.6. The Bertz CT molecular complexity index is 2200. The lowest BCUT2D eigenvalue weighted by Gasteiger charge is -2.33. The molecule has 1 saturated heterocycles. The van der Waals surface area contributed by atoms with Crippen LogP contribution in [0.15, 0.2) is 72.9 Å². The maximum absolute atomic E-state index is 11.6. The average molecular weight is 785 g/mol. The fraction of sp³-hybridized carbons (Fsp3) is 0.372. The van der Waals surface area contributed by atoms with Crippen LogP contribution in [0.25, 0.3) is 33.2 Å². The highest BCUT2D eigenvalue weighted by molar-refractivity contribution is 6.36. The van der Waals surface area contributed by atoms with Crippen LogP contribution >= 0.6 is 23.2 Å². The summed E-state index contributed by atoms with van der Waals surface area (Å²) in [6, 6.07) is 22.8. The van der Waals surface area contributed by atoms with Gasteiger partial charge in [-0.2, -0.15) is 5.10 Å². The summed E-state index contributed by atoms with van der Waals surface area (Å²) in [6.07, 6.45) is 6.43. The van der Waals surface area contributed by atoms with Gasteiger partial charge >= 0.3 is 5.97 Å². The van der Waals surface area contributed by atoms with Crippen molar-refractivity contribution < 1.29 is 24.2 Å². The van der Waals surface area contributed by atoms with Crippen molar-refractivity contribution in [2.75, 3.05) is 27.8 Å². The Labute approximate surface area is 331 Å². The van der Waals surface area contributed by atoms with E-state index in [4.69, 9.17) is 37.8 Å². The molecule has 1 aliphatic heterocycles. The highest BCUT2D eigenvalue weighted by atomic mass is 35.5. The monoisotopic (exact) mass is 783 g/mol. The van der Waals surface area contributed by atoms with Crippen molar-refractivity contribution >= 4 is 46.0 Å². The molecule has 55 heavy (non-hydrogen) atoms. The first-order chi connectivity index (χ1) is 26.6. The normalized spacial score (nSPS) is 18.5. The van der Waals surface area contributed by atoms with Crippen molar-refractivity contribution in [2.45, 2.75) is 70.2 Å². The van der Waals surface area contributed by atoms with E-state index in [1.807, 2.05) is 53.3 Å². The van der Waals surface area contributed by atoms with Gasteiger partial charge in [-0.25, -0.2) is 0 Å². The summed E-state index contributed by atoms with van der Waals surface area (Å²) in [6.45, 7) is 2.42. The molecule has 1 saturated carbocycles. The Morgan fingerprint density at radius 2 is 1.65 bits per heavy atom. The first-order valence-electron chi connectivity index (χ1n) is 18.8. The van der Waals surface area contributed by atoms with E-state index in [1.165, 1.54) is 0 Å². The summed E-state index contributed by atoms with van der Waals surface area (Å²) >= 11 is 14.2. The van der Waals surface area contributed by atoms with Crippen LogP contribution in [0.5, 0.6) is 11.5 Å². The molecular formula is C43H47Cl2N5O5. The molecule has 10 nitrogen and oxygen atoms in total. The zero-order valence-electron chi connectivity index (χ0n) is 31.4. The van der Waals surface area contributed by atoms with E-state index in [0.29, 0.717) is 61.5 Å². The van der Waals surface area contributed by atoms with Gasteiger partial charge in [-0.3, -0.25) is 19.2 Å². The number of fused-ring (bicyclic) bond motifs is 1. The number of carboxylic acids is 1. The average Bonchev–Trinajstić information content (AvgIpc) is 3.81. The molecule has 288 valence electrons. The Morgan fingerprint density at radius 1 is 0.927 bits per heavy atom. The van der Waals surface area contributed by atoms with Gasteiger partial charge in [0.2, 0.25) is 5.91 Å². The molecule has 7 rings (SSSR count). The molecule has 1 amide bonds. The van der Waals surface area contributed by atoms with Crippen LogP contribution in [0.1, 0.15) is 55.2 Å². The summed E-state index contributed by atoms with van der Waals surface area (Å²) < 4.78 is 13.6. The van der Waals surface area contributed by atoms with Crippen molar-refractivity contribution in [1.29, 1.82) is 0 Å². The number of hydrogen-bond acceptors (Lipinski definition) is 7. The highest BCUT2D eigenvalue weighted by Crippen LogP contribution is 2.41. The SMILES string of the molecule is COc1cc(-c2cccc(-c3cccc4c3cnn4Cc3cc(OC)c(CN(C)C4CCC(C(=O)O)CC4)cc3Cl)c2Cl)ccc1CNC[C@@H]1CCC(=O)N1. The smallest absolute Gasteiger partial charge is 0.306 e. The first kappa shape index (κ1) is 38.7. The number of methoxy groups -OCH3 is 2. The second kappa shape index (κ2) is 17.0. The number of aromatic nitrogens is 2. The van der Waals surface area contributed by atoms with E-state index >= 15 is 0 Å². The molecule has 0 bridgehead atoms. The predicted octanol–water partition coefficient (Wildman–Crippen LogP) is 8.19. The third-order valence-electron chi connectivity index (χ3n) is 11.2. The maximum Gasteiger partial charge on any atom is 0.306 e. The summed E-state index contributed by atoms with van der Waals surface area (Å²) in [5.74, 6) is 0.696. The Kier molecular flexibility index (Phi) is 12.0. The molecule has 12 heteroatoms. The fourth-order valence-corrected chi connectivity index (χ4v) is 8.67. The van der Waals surface area contributed by atoms with E-state index in [0.717, 1.165) is 80.6 Å². The van der Waals surface area contributed by atoms with Crippen LogP contribution in [0.3, 0.4) is 0 Å². The number of carbonyl (C=O) groups is 2. The largest absolute Gasteiger partial charge is 0.496 e. The number of hydrogen-bond donors (Lipinski definition) is 3. The van der Waals surface area contributed by atoms with Gasteiger partial charge in [0.1, 0.15) is 11.5 Å². The molecule has 2 aliphatic rings. The fourth-order valence-electron chi connectivity index (χ4n) is 8.09. The number of halogens is 2. The number of benzene rings is 4. The highest BCUT2D eigenvalue weighted by Gasteiger charge is 2.28. The molecule has 3 N–H and O–H groups in total. The molecule has 2 heterocycles. The predicted molar refractivity (Wildman–Crippen MR) is 217 cm³/mol. The minimum Gasteiger partial charge on any atom is -0.496 e. The number of carbonyl (C=O) groups excluding carboxylic acids is 1. The topological polar surface area (TPSA) is 118 Å². The van der Waals surface area contributed by atoms with Crippen molar-refractivity contribution in [3.63, 3.8) is 0 Å². The molecule has 0 spiro atoms. The van der Waals surface area contributed by atoms with Gasteiger partial charge in [-0.05, 0) is 80.1 Å². The van der Waals surface area contributed by atoms with E-state index in [-0.39, 0.29) is 17.9 Å². The molecule has 1 atom stereocenters. The molecule has 1 aromatic heterocycles. The van der Waals surface area contributed by atoms with Crippen LogP contribution in [-0.2, 0) is 29.2 Å². The van der Waals surface area contributed by atoms with Crippen LogP contribution < -0.4 is 20.1 Å². The number of nitrogens with one attached hydrogen (secondary N) is 2. The summed E-state index contributed by atoms with van der Waals surface area (Å²) in [5, 5.41) is 22.9. The zero-order valence-corrected chi connectivity index (χ0v) is 32.9. The van der Waals surface area contributed by atoms with Crippen LogP contribution in [-0.4, -0.2) is 71.6 Å². The Morgan fingerprint density at radius 3 is 2.38 bits per heavy atom. The Hall–Kier alpha value is -4.61. The molecule has 1 aliphatic carbocycles. The molecule has 0 radical (unpaired) electrons. The second-order valence-corrected chi connectivity index (χ2v) is 15.5. The number of nitrogens with zero attached hydrogens (tertiary/aromatic N) is 3. The standard InChI is InChI=1S/C43H47Cl2N5O5/c1-49(32-15-12-26(13-16-32)43(52)53)24-30-18-37(44)29(20-40(30)55-3)25-50-38-9-5-7-34(36(38)23-47-50)35-8-4-6-33(42(35)45)27-10-11-28(39(19-27)54-2)21-46-22-31-14-17-41(51)48-31/h4-11,18-20,23,26,31-32,46H,12-17,21-22,24-25H2,1-3H3,(H,48,51)(H,52,53)/t26?,31-,32?/m0/s1. The third-order valence-corrected chi connectivity index (χ3v) is 12.0. The van der Waals surface area contributed by atoms with Crippen molar-refractivity contribution in [3.05, 3.63) is 99.7 Å². The van der Waals surface area contributed by atoms with Crippen LogP contribution in [0, 0.1) is 5.92 Å². The lowest BCUT2D eigenvalue weighted by atomic mass is 9.85. The van der Waals surface area contributed by atoms with Crippen molar-refractivity contribution in [1.82, 2.24) is 25.3 Å². The summed E-state index contributed by atoms with van der Waals surface area (Å²) in [5.41, 5.74) is 7.57. The summed E-state index contributed by atoms with van der Waals surface area (Å²) in [7, 11) is 5.42. The minimum atomic E-state index is -0.693. The number of amides is 1. The van der Waals surface area contributed by atoms with Gasteiger partial charge in [0, 0.05) is 70.8 Å². The lowest BCUT2D eigenvalue weighted by molar-refractivity contribution is -0.143.